The second kappa shape index (κ2) is 3.93. The van der Waals surface area contributed by atoms with Crippen molar-refractivity contribution in [2.24, 2.45) is 11.7 Å². The van der Waals surface area contributed by atoms with Crippen LogP contribution in [0.25, 0.3) is 0 Å². The maximum absolute atomic E-state index is 6.33. The highest BCUT2D eigenvalue weighted by molar-refractivity contribution is 5.05. The first kappa shape index (κ1) is 10.6. The van der Waals surface area contributed by atoms with Gasteiger partial charge in [-0.05, 0) is 25.7 Å². The van der Waals surface area contributed by atoms with E-state index in [0.29, 0.717) is 17.6 Å². The number of aryl methyl sites for hydroxylation is 1. The molecule has 0 radical (unpaired) electrons. The summed E-state index contributed by atoms with van der Waals surface area (Å²) in [6.45, 7) is 4.02. The van der Waals surface area contributed by atoms with Crippen molar-refractivity contribution in [2.45, 2.75) is 51.5 Å². The zero-order chi connectivity index (χ0) is 10.9. The molecule has 1 unspecified atom stereocenters. The van der Waals surface area contributed by atoms with Crippen molar-refractivity contribution in [3.63, 3.8) is 0 Å². The molecule has 15 heavy (non-hydrogen) atoms. The largest absolute Gasteiger partial charge is 0.339 e. The zero-order valence-electron chi connectivity index (χ0n) is 9.49. The van der Waals surface area contributed by atoms with Crippen LogP contribution in [0, 0.1) is 5.92 Å². The maximum Gasteiger partial charge on any atom is 0.226 e. The van der Waals surface area contributed by atoms with E-state index in [9.17, 15) is 0 Å². The third-order valence-electron chi connectivity index (χ3n) is 3.46. The lowest BCUT2D eigenvalue weighted by atomic mass is 9.84. The van der Waals surface area contributed by atoms with Gasteiger partial charge in [-0.2, -0.15) is 4.98 Å². The number of hydrogen-bond acceptors (Lipinski definition) is 4. The lowest BCUT2D eigenvalue weighted by Crippen LogP contribution is -2.41. The van der Waals surface area contributed by atoms with Gasteiger partial charge in [0.1, 0.15) is 0 Å². The van der Waals surface area contributed by atoms with Crippen LogP contribution in [0.5, 0.6) is 0 Å². The van der Waals surface area contributed by atoms with Crippen LogP contribution in [0.2, 0.25) is 0 Å². The molecular weight excluding hydrogens is 190 g/mol. The molecule has 2 N–H and O–H groups in total. The summed E-state index contributed by atoms with van der Waals surface area (Å²) in [5.74, 6) is 1.85. The van der Waals surface area contributed by atoms with Crippen LogP contribution in [0.15, 0.2) is 4.52 Å². The fraction of sp³-hybridized carbons (Fsp3) is 0.818. The first-order valence-corrected chi connectivity index (χ1v) is 5.76. The minimum atomic E-state index is -0.423. The number of nitrogens with two attached hydrogens (primary N) is 1. The normalized spacial score (nSPS) is 21.8. The number of aromatic nitrogens is 2. The van der Waals surface area contributed by atoms with Crippen LogP contribution in [-0.2, 0) is 12.0 Å². The summed E-state index contributed by atoms with van der Waals surface area (Å²) in [6.07, 6.45) is 5.69. The van der Waals surface area contributed by atoms with Crippen LogP contribution in [0.4, 0.5) is 0 Å². The van der Waals surface area contributed by atoms with Crippen molar-refractivity contribution in [1.82, 2.24) is 10.1 Å². The number of rotatable bonds is 3. The Bertz CT molecular complexity index is 326. The van der Waals surface area contributed by atoms with E-state index in [-0.39, 0.29) is 0 Å². The van der Waals surface area contributed by atoms with Gasteiger partial charge < -0.3 is 10.3 Å². The SMILES string of the molecule is CCc1nc(C(C)(N)C2CCCC2)no1. The van der Waals surface area contributed by atoms with Crippen LogP contribution in [-0.4, -0.2) is 10.1 Å². The third kappa shape index (κ3) is 1.91. The van der Waals surface area contributed by atoms with Gasteiger partial charge in [0.15, 0.2) is 5.82 Å². The van der Waals surface area contributed by atoms with Crippen molar-refractivity contribution in [3.05, 3.63) is 11.7 Å². The van der Waals surface area contributed by atoms with E-state index in [0.717, 1.165) is 6.42 Å². The molecule has 1 heterocycles. The molecule has 0 spiro atoms. The fourth-order valence-electron chi connectivity index (χ4n) is 2.33. The number of nitrogens with zero attached hydrogens (tertiary/aromatic N) is 2. The van der Waals surface area contributed by atoms with Crippen LogP contribution in [0.1, 0.15) is 51.2 Å². The monoisotopic (exact) mass is 209 g/mol. The molecule has 1 aromatic rings. The molecule has 1 aliphatic rings. The van der Waals surface area contributed by atoms with Crippen LogP contribution in [0.3, 0.4) is 0 Å². The van der Waals surface area contributed by atoms with Gasteiger partial charge in [0.05, 0.1) is 5.54 Å². The lowest BCUT2D eigenvalue weighted by molar-refractivity contribution is 0.276. The zero-order valence-corrected chi connectivity index (χ0v) is 9.49. The Balaban J connectivity index is 2.19. The van der Waals surface area contributed by atoms with Crippen molar-refractivity contribution >= 4 is 0 Å². The summed E-state index contributed by atoms with van der Waals surface area (Å²) in [5, 5.41) is 3.99. The van der Waals surface area contributed by atoms with E-state index < -0.39 is 5.54 Å². The Morgan fingerprint density at radius 2 is 2.13 bits per heavy atom. The summed E-state index contributed by atoms with van der Waals surface area (Å²) < 4.78 is 5.12. The quantitative estimate of drug-likeness (QED) is 0.826. The van der Waals surface area contributed by atoms with E-state index in [1.54, 1.807) is 0 Å². The smallest absolute Gasteiger partial charge is 0.226 e. The predicted octanol–water partition coefficient (Wildman–Crippen LogP) is 2.00. The van der Waals surface area contributed by atoms with E-state index >= 15 is 0 Å². The van der Waals surface area contributed by atoms with E-state index in [1.165, 1.54) is 25.7 Å². The topological polar surface area (TPSA) is 64.9 Å². The lowest BCUT2D eigenvalue weighted by Gasteiger charge is -2.27. The molecule has 1 atom stereocenters. The Kier molecular flexibility index (Phi) is 2.78. The number of hydrogen-bond donors (Lipinski definition) is 1. The van der Waals surface area contributed by atoms with E-state index in [2.05, 4.69) is 10.1 Å². The molecule has 4 nitrogen and oxygen atoms in total. The molecule has 1 aliphatic carbocycles. The minimum Gasteiger partial charge on any atom is -0.339 e. The molecule has 0 amide bonds. The van der Waals surface area contributed by atoms with Gasteiger partial charge >= 0.3 is 0 Å². The molecule has 1 aromatic heterocycles. The average Bonchev–Trinajstić information content (AvgIpc) is 2.89. The second-order valence-corrected chi connectivity index (χ2v) is 4.63. The van der Waals surface area contributed by atoms with Crippen LogP contribution < -0.4 is 5.73 Å². The highest BCUT2D eigenvalue weighted by Crippen LogP contribution is 2.37. The molecule has 0 aromatic carbocycles. The van der Waals surface area contributed by atoms with Gasteiger partial charge in [-0.25, -0.2) is 0 Å². The van der Waals surface area contributed by atoms with Gasteiger partial charge in [0.2, 0.25) is 5.89 Å². The standard InChI is InChI=1S/C11H19N3O/c1-3-9-13-10(14-15-9)11(2,12)8-6-4-5-7-8/h8H,3-7,12H2,1-2H3. The molecule has 1 saturated carbocycles. The van der Waals surface area contributed by atoms with Crippen LogP contribution >= 0.6 is 0 Å². The predicted molar refractivity (Wildman–Crippen MR) is 57.2 cm³/mol. The van der Waals surface area contributed by atoms with Crippen molar-refractivity contribution in [2.75, 3.05) is 0 Å². The fourth-order valence-corrected chi connectivity index (χ4v) is 2.33. The first-order valence-electron chi connectivity index (χ1n) is 5.76. The molecule has 0 saturated heterocycles. The summed E-state index contributed by atoms with van der Waals surface area (Å²) >= 11 is 0. The Morgan fingerprint density at radius 3 is 2.67 bits per heavy atom. The molecular formula is C11H19N3O. The Labute approximate surface area is 90.2 Å². The third-order valence-corrected chi connectivity index (χ3v) is 3.46. The van der Waals surface area contributed by atoms with Gasteiger partial charge in [0.25, 0.3) is 0 Å². The molecule has 2 rings (SSSR count). The Hall–Kier alpha value is -0.900. The van der Waals surface area contributed by atoms with Crippen molar-refractivity contribution < 1.29 is 4.52 Å². The average molecular weight is 209 g/mol. The van der Waals surface area contributed by atoms with Gasteiger partial charge in [-0.15, -0.1) is 0 Å². The van der Waals surface area contributed by atoms with E-state index in [1.807, 2.05) is 13.8 Å². The summed E-state index contributed by atoms with van der Waals surface area (Å²) in [6, 6.07) is 0. The first-order chi connectivity index (χ1) is 7.14. The van der Waals surface area contributed by atoms with Gasteiger partial charge in [0, 0.05) is 6.42 Å². The minimum absolute atomic E-state index is 0.423. The second-order valence-electron chi connectivity index (χ2n) is 4.63. The van der Waals surface area contributed by atoms with E-state index in [4.69, 9.17) is 10.3 Å². The molecule has 84 valence electrons. The highest BCUT2D eigenvalue weighted by atomic mass is 16.5. The summed E-state index contributed by atoms with van der Waals surface area (Å²) in [4.78, 5) is 4.34. The molecule has 4 heteroatoms. The maximum atomic E-state index is 6.33. The van der Waals surface area contributed by atoms with Crippen molar-refractivity contribution in [3.8, 4) is 0 Å². The highest BCUT2D eigenvalue weighted by Gasteiger charge is 2.37. The Morgan fingerprint density at radius 1 is 1.47 bits per heavy atom. The summed E-state index contributed by atoms with van der Waals surface area (Å²) in [5.41, 5.74) is 5.90. The molecule has 1 fully saturated rings. The summed E-state index contributed by atoms with van der Waals surface area (Å²) in [7, 11) is 0. The molecule has 0 aliphatic heterocycles. The van der Waals surface area contributed by atoms with Gasteiger partial charge in [-0.3, -0.25) is 0 Å². The molecule has 0 bridgehead atoms. The van der Waals surface area contributed by atoms with Crippen molar-refractivity contribution in [1.29, 1.82) is 0 Å². The van der Waals surface area contributed by atoms with Gasteiger partial charge in [-0.1, -0.05) is 24.9 Å².